The van der Waals surface area contributed by atoms with Crippen LogP contribution in [0.3, 0.4) is 0 Å². The number of carbonyl (C=O) groups is 2. The fourth-order valence-electron chi connectivity index (χ4n) is 4.56. The molecule has 1 atom stereocenters. The van der Waals surface area contributed by atoms with Crippen molar-refractivity contribution < 1.29 is 14.3 Å². The van der Waals surface area contributed by atoms with Crippen LogP contribution in [0.15, 0.2) is 72.8 Å². The summed E-state index contributed by atoms with van der Waals surface area (Å²) in [5.41, 5.74) is 5.62. The van der Waals surface area contributed by atoms with Crippen LogP contribution in [-0.4, -0.2) is 41.8 Å². The van der Waals surface area contributed by atoms with Crippen LogP contribution in [0.5, 0.6) is 5.75 Å². The number of benzene rings is 3. The van der Waals surface area contributed by atoms with E-state index in [1.807, 2.05) is 60.4 Å². The summed E-state index contributed by atoms with van der Waals surface area (Å²) in [7, 11) is 1.79. The minimum absolute atomic E-state index is 0.0329. The van der Waals surface area contributed by atoms with E-state index in [0.717, 1.165) is 28.7 Å². The van der Waals surface area contributed by atoms with Crippen LogP contribution in [0.25, 0.3) is 0 Å². The molecule has 3 aromatic carbocycles. The zero-order valence-corrected chi connectivity index (χ0v) is 20.2. The van der Waals surface area contributed by atoms with Crippen molar-refractivity contribution >= 4 is 11.8 Å². The lowest BCUT2D eigenvalue weighted by Gasteiger charge is -2.38. The summed E-state index contributed by atoms with van der Waals surface area (Å²) >= 11 is 0. The highest BCUT2D eigenvalue weighted by molar-refractivity contribution is 5.78. The van der Waals surface area contributed by atoms with Crippen molar-refractivity contribution in [2.24, 2.45) is 0 Å². The number of nitrogens with zero attached hydrogens (tertiary/aromatic N) is 2. The number of likely N-dealkylation sites (N-methyl/N-ethyl adjacent to an activating group) is 1. The molecule has 1 heterocycles. The van der Waals surface area contributed by atoms with Crippen molar-refractivity contribution in [3.05, 3.63) is 101 Å². The lowest BCUT2D eigenvalue weighted by molar-refractivity contribution is -0.133. The highest BCUT2D eigenvalue weighted by Crippen LogP contribution is 2.37. The molecule has 0 radical (unpaired) electrons. The molecule has 0 aliphatic carbocycles. The van der Waals surface area contributed by atoms with E-state index >= 15 is 0 Å². The number of fused-ring (bicyclic) bond motifs is 1. The Bertz CT molecular complexity index is 1160. The number of rotatable bonds is 7. The predicted octanol–water partition coefficient (Wildman–Crippen LogP) is 4.92. The summed E-state index contributed by atoms with van der Waals surface area (Å²) in [6, 6.07) is 24.1. The first kappa shape index (κ1) is 23.6. The Labute approximate surface area is 202 Å². The maximum absolute atomic E-state index is 12.8. The zero-order valence-electron chi connectivity index (χ0n) is 20.2. The van der Waals surface area contributed by atoms with Gasteiger partial charge in [0.1, 0.15) is 5.75 Å². The van der Waals surface area contributed by atoms with Gasteiger partial charge >= 0.3 is 0 Å². The fourth-order valence-corrected chi connectivity index (χ4v) is 4.56. The number of hydrogen-bond acceptors (Lipinski definition) is 3. The van der Waals surface area contributed by atoms with E-state index in [9.17, 15) is 9.59 Å². The van der Waals surface area contributed by atoms with Crippen molar-refractivity contribution in [2.45, 2.75) is 39.3 Å². The van der Waals surface area contributed by atoms with E-state index in [4.69, 9.17) is 4.74 Å². The van der Waals surface area contributed by atoms with Gasteiger partial charge in [0.2, 0.25) is 5.91 Å². The van der Waals surface area contributed by atoms with Gasteiger partial charge in [-0.3, -0.25) is 9.59 Å². The van der Waals surface area contributed by atoms with E-state index in [1.165, 1.54) is 5.56 Å². The summed E-state index contributed by atoms with van der Waals surface area (Å²) in [5, 5.41) is 0. The largest absolute Gasteiger partial charge is 0.484 e. The number of carbonyl (C=O) groups excluding carboxylic acids is 2. The normalized spacial score (nSPS) is 14.9. The van der Waals surface area contributed by atoms with Crippen LogP contribution >= 0.6 is 0 Å². The monoisotopic (exact) mass is 456 g/mol. The molecule has 4 rings (SSSR count). The molecule has 0 bridgehead atoms. The second kappa shape index (κ2) is 10.6. The second-order valence-corrected chi connectivity index (χ2v) is 8.89. The number of amides is 2. The molecule has 0 saturated carbocycles. The Kier molecular flexibility index (Phi) is 7.31. The molecule has 34 heavy (non-hydrogen) atoms. The van der Waals surface area contributed by atoms with Crippen LogP contribution in [-0.2, 0) is 22.6 Å². The number of hydrogen-bond donors (Lipinski definition) is 0. The van der Waals surface area contributed by atoms with E-state index in [0.29, 0.717) is 25.3 Å². The molecule has 5 heteroatoms. The summed E-state index contributed by atoms with van der Waals surface area (Å²) in [4.78, 5) is 29.1. The molecule has 0 unspecified atom stereocenters. The third-order valence-electron chi connectivity index (χ3n) is 6.38. The minimum Gasteiger partial charge on any atom is -0.484 e. The van der Waals surface area contributed by atoms with Crippen molar-refractivity contribution in [3.8, 4) is 5.75 Å². The van der Waals surface area contributed by atoms with Gasteiger partial charge in [0.05, 0.1) is 6.04 Å². The second-order valence-electron chi connectivity index (χ2n) is 8.89. The average molecular weight is 457 g/mol. The third kappa shape index (κ3) is 5.30. The molecule has 5 nitrogen and oxygen atoms in total. The van der Waals surface area contributed by atoms with Crippen LogP contribution in [0, 0.1) is 6.92 Å². The first-order valence-electron chi connectivity index (χ1n) is 11.9. The van der Waals surface area contributed by atoms with Crippen molar-refractivity contribution in [1.82, 2.24) is 9.80 Å². The fraction of sp³-hybridized carbons (Fsp3) is 0.310. The molecule has 1 aliphatic rings. The molecule has 1 aliphatic heterocycles. The highest BCUT2D eigenvalue weighted by Gasteiger charge is 2.31. The smallest absolute Gasteiger partial charge is 0.260 e. The molecule has 0 spiro atoms. The topological polar surface area (TPSA) is 49.9 Å². The molecular weight excluding hydrogens is 424 g/mol. The number of ether oxygens (including phenoxy) is 1. The Morgan fingerprint density at radius 3 is 2.56 bits per heavy atom. The number of aryl methyl sites for hydroxylation is 1. The molecular formula is C29H32N2O3. The summed E-state index contributed by atoms with van der Waals surface area (Å²) < 4.78 is 5.93. The quantitative estimate of drug-likeness (QED) is 0.507. The van der Waals surface area contributed by atoms with Gasteiger partial charge in [-0.2, -0.15) is 0 Å². The van der Waals surface area contributed by atoms with Gasteiger partial charge in [-0.05, 0) is 47.7 Å². The van der Waals surface area contributed by atoms with Crippen molar-refractivity contribution in [3.63, 3.8) is 0 Å². The van der Waals surface area contributed by atoms with Gasteiger partial charge in [-0.1, -0.05) is 73.2 Å². The Hall–Kier alpha value is -3.60. The van der Waals surface area contributed by atoms with E-state index in [2.05, 4.69) is 31.2 Å². The molecule has 3 aromatic rings. The Morgan fingerprint density at radius 2 is 1.82 bits per heavy atom. The van der Waals surface area contributed by atoms with Gasteiger partial charge in [0.15, 0.2) is 6.61 Å². The van der Waals surface area contributed by atoms with Crippen LogP contribution in [0.4, 0.5) is 0 Å². The molecule has 0 N–H and O–H groups in total. The van der Waals surface area contributed by atoms with Crippen molar-refractivity contribution in [1.29, 1.82) is 0 Å². The minimum atomic E-state index is -0.156. The predicted molar refractivity (Wildman–Crippen MR) is 134 cm³/mol. The molecule has 0 fully saturated rings. The van der Waals surface area contributed by atoms with Crippen LogP contribution < -0.4 is 4.74 Å². The van der Waals surface area contributed by atoms with Gasteiger partial charge in [0, 0.05) is 26.6 Å². The van der Waals surface area contributed by atoms with Gasteiger partial charge < -0.3 is 14.5 Å². The standard InChI is InChI=1S/C29H32N2O3/c1-4-27(32)31-16-15-23-13-14-25(18-26(23)29(31)24-12-8-9-21(2)17-24)34-20-28(33)30(3)19-22-10-6-5-7-11-22/h5-14,17-18,29H,4,15-16,19-20H2,1-3H3/t29-/m0/s1. The maximum Gasteiger partial charge on any atom is 0.260 e. The first-order valence-corrected chi connectivity index (χ1v) is 11.9. The maximum atomic E-state index is 12.8. The lowest BCUT2D eigenvalue weighted by Crippen LogP contribution is -2.40. The van der Waals surface area contributed by atoms with Gasteiger partial charge in [0.25, 0.3) is 5.91 Å². The summed E-state index contributed by atoms with van der Waals surface area (Å²) in [5.74, 6) is 0.699. The zero-order chi connectivity index (χ0) is 24.1. The summed E-state index contributed by atoms with van der Waals surface area (Å²) in [6.07, 6.45) is 1.28. The molecule has 176 valence electrons. The van der Waals surface area contributed by atoms with Crippen molar-refractivity contribution in [2.75, 3.05) is 20.2 Å². The van der Waals surface area contributed by atoms with E-state index in [1.54, 1.807) is 11.9 Å². The van der Waals surface area contributed by atoms with E-state index in [-0.39, 0.29) is 24.5 Å². The van der Waals surface area contributed by atoms with Gasteiger partial charge in [-0.25, -0.2) is 0 Å². The first-order chi connectivity index (χ1) is 16.5. The Morgan fingerprint density at radius 1 is 1.03 bits per heavy atom. The highest BCUT2D eigenvalue weighted by atomic mass is 16.5. The molecule has 0 aromatic heterocycles. The molecule has 0 saturated heterocycles. The van der Waals surface area contributed by atoms with E-state index < -0.39 is 0 Å². The van der Waals surface area contributed by atoms with Gasteiger partial charge in [-0.15, -0.1) is 0 Å². The summed E-state index contributed by atoms with van der Waals surface area (Å²) in [6.45, 7) is 5.17. The Balaban J connectivity index is 1.54. The molecule has 2 amide bonds. The van der Waals surface area contributed by atoms with Crippen LogP contribution in [0.2, 0.25) is 0 Å². The SMILES string of the molecule is CCC(=O)N1CCc2ccc(OCC(=O)N(C)Cc3ccccc3)cc2[C@@H]1c1cccc(C)c1. The van der Waals surface area contributed by atoms with Crippen LogP contribution in [0.1, 0.15) is 47.2 Å². The lowest BCUT2D eigenvalue weighted by atomic mass is 9.87. The third-order valence-corrected chi connectivity index (χ3v) is 6.38. The average Bonchev–Trinajstić information content (AvgIpc) is 2.86.